The number of hydrogen-bond donors (Lipinski definition) is 1. The summed E-state index contributed by atoms with van der Waals surface area (Å²) in [5.41, 5.74) is 1.04. The highest BCUT2D eigenvalue weighted by atomic mass is 16.5. The maximum Gasteiger partial charge on any atom is 0.358 e. The minimum absolute atomic E-state index is 0.0576. The zero-order chi connectivity index (χ0) is 14.7. The monoisotopic (exact) mass is 285 g/mol. The van der Waals surface area contributed by atoms with Gasteiger partial charge >= 0.3 is 5.97 Å². The lowest BCUT2D eigenvalue weighted by Crippen LogP contribution is -2.20. The van der Waals surface area contributed by atoms with Gasteiger partial charge in [0.2, 0.25) is 0 Å². The van der Waals surface area contributed by atoms with E-state index in [4.69, 9.17) is 14.6 Å². The third-order valence-electron chi connectivity index (χ3n) is 3.50. The van der Waals surface area contributed by atoms with Crippen molar-refractivity contribution in [1.82, 2.24) is 4.98 Å². The molecule has 0 saturated carbocycles. The van der Waals surface area contributed by atoms with Crippen molar-refractivity contribution in [2.45, 2.75) is 12.3 Å². The lowest BCUT2D eigenvalue weighted by molar-refractivity contribution is 0.0684. The number of benzene rings is 1. The molecule has 0 bridgehead atoms. The Labute approximate surface area is 122 Å². The van der Waals surface area contributed by atoms with Gasteiger partial charge in [0.15, 0.2) is 11.4 Å². The Balaban J connectivity index is 1.76. The molecule has 2 aromatic rings. The van der Waals surface area contributed by atoms with Gasteiger partial charge in [-0.25, -0.2) is 9.78 Å². The number of nitrogens with zero attached hydrogens (tertiary/aromatic N) is 1. The standard InChI is InChI=1S/C16H15NO4/c18-16(19)15-14(6-3-8-17-15)21-10-11-7-9-20-13-5-2-1-4-12(11)13/h1-6,8,11H,7,9-10H2,(H,18,19). The minimum atomic E-state index is -1.09. The highest BCUT2D eigenvalue weighted by molar-refractivity contribution is 5.88. The van der Waals surface area contributed by atoms with E-state index in [0.29, 0.717) is 19.0 Å². The number of fused-ring (bicyclic) bond motifs is 1. The molecule has 1 aromatic heterocycles. The van der Waals surface area contributed by atoms with Crippen LogP contribution < -0.4 is 9.47 Å². The second-order valence-electron chi connectivity index (χ2n) is 4.84. The van der Waals surface area contributed by atoms with Gasteiger partial charge in [0, 0.05) is 17.7 Å². The van der Waals surface area contributed by atoms with E-state index in [1.807, 2.05) is 24.3 Å². The van der Waals surface area contributed by atoms with Crippen LogP contribution in [0.5, 0.6) is 11.5 Å². The van der Waals surface area contributed by atoms with Crippen LogP contribution >= 0.6 is 0 Å². The average molecular weight is 285 g/mol. The molecule has 21 heavy (non-hydrogen) atoms. The molecule has 1 unspecified atom stereocenters. The van der Waals surface area contributed by atoms with Crippen LogP contribution in [-0.2, 0) is 0 Å². The van der Waals surface area contributed by atoms with E-state index in [9.17, 15) is 4.79 Å². The average Bonchev–Trinajstić information content (AvgIpc) is 2.53. The second kappa shape index (κ2) is 5.83. The van der Waals surface area contributed by atoms with Gasteiger partial charge in [0.25, 0.3) is 0 Å². The zero-order valence-corrected chi connectivity index (χ0v) is 11.4. The first-order valence-corrected chi connectivity index (χ1v) is 6.78. The third-order valence-corrected chi connectivity index (χ3v) is 3.50. The van der Waals surface area contributed by atoms with Gasteiger partial charge in [0.05, 0.1) is 13.2 Å². The minimum Gasteiger partial charge on any atom is -0.493 e. The SMILES string of the molecule is O=C(O)c1ncccc1OCC1CCOc2ccccc21. The normalized spacial score (nSPS) is 16.7. The van der Waals surface area contributed by atoms with Gasteiger partial charge in [-0.2, -0.15) is 0 Å². The molecule has 1 aliphatic heterocycles. The summed E-state index contributed by atoms with van der Waals surface area (Å²) in [6.45, 7) is 1.05. The van der Waals surface area contributed by atoms with Gasteiger partial charge in [-0.15, -0.1) is 0 Å². The zero-order valence-electron chi connectivity index (χ0n) is 11.4. The molecule has 0 amide bonds. The van der Waals surface area contributed by atoms with E-state index in [-0.39, 0.29) is 11.6 Å². The summed E-state index contributed by atoms with van der Waals surface area (Å²) in [7, 11) is 0. The second-order valence-corrected chi connectivity index (χ2v) is 4.84. The molecule has 108 valence electrons. The van der Waals surface area contributed by atoms with Crippen LogP contribution in [-0.4, -0.2) is 29.3 Å². The van der Waals surface area contributed by atoms with Crippen molar-refractivity contribution in [1.29, 1.82) is 0 Å². The molecule has 1 aromatic carbocycles. The van der Waals surface area contributed by atoms with E-state index in [0.717, 1.165) is 17.7 Å². The van der Waals surface area contributed by atoms with Crippen LogP contribution in [0.2, 0.25) is 0 Å². The number of carboxylic acid groups (broad SMARTS) is 1. The molecule has 1 atom stereocenters. The highest BCUT2D eigenvalue weighted by Gasteiger charge is 2.22. The molecular formula is C16H15NO4. The van der Waals surface area contributed by atoms with Gasteiger partial charge in [0.1, 0.15) is 5.75 Å². The highest BCUT2D eigenvalue weighted by Crippen LogP contribution is 2.33. The number of carbonyl (C=O) groups is 1. The predicted octanol–water partition coefficient (Wildman–Crippen LogP) is 2.72. The number of hydrogen-bond acceptors (Lipinski definition) is 4. The maximum atomic E-state index is 11.1. The Morgan fingerprint density at radius 3 is 3.05 bits per heavy atom. The molecule has 1 aliphatic rings. The predicted molar refractivity (Wildman–Crippen MR) is 76.0 cm³/mol. The first kappa shape index (κ1) is 13.4. The van der Waals surface area contributed by atoms with Crippen molar-refractivity contribution in [3.63, 3.8) is 0 Å². The fourth-order valence-electron chi connectivity index (χ4n) is 2.45. The van der Waals surface area contributed by atoms with Gasteiger partial charge in [-0.1, -0.05) is 18.2 Å². The molecule has 1 N–H and O–H groups in total. The molecule has 0 aliphatic carbocycles. The van der Waals surface area contributed by atoms with E-state index >= 15 is 0 Å². The summed E-state index contributed by atoms with van der Waals surface area (Å²) in [6, 6.07) is 11.2. The van der Waals surface area contributed by atoms with Crippen molar-refractivity contribution in [2.24, 2.45) is 0 Å². The van der Waals surface area contributed by atoms with Crippen molar-refractivity contribution < 1.29 is 19.4 Å². The van der Waals surface area contributed by atoms with E-state index in [1.54, 1.807) is 12.1 Å². The van der Waals surface area contributed by atoms with Crippen molar-refractivity contribution in [2.75, 3.05) is 13.2 Å². The molecule has 0 saturated heterocycles. The number of carboxylic acids is 1. The summed E-state index contributed by atoms with van der Waals surface area (Å²) in [5.74, 6) is 0.283. The lowest BCUT2D eigenvalue weighted by atomic mass is 9.94. The van der Waals surface area contributed by atoms with Crippen molar-refractivity contribution >= 4 is 5.97 Å². The van der Waals surface area contributed by atoms with Gasteiger partial charge in [-0.3, -0.25) is 0 Å². The molecule has 5 nitrogen and oxygen atoms in total. The number of para-hydroxylation sites is 1. The van der Waals surface area contributed by atoms with Crippen LogP contribution in [0, 0.1) is 0 Å². The topological polar surface area (TPSA) is 68.7 Å². The van der Waals surface area contributed by atoms with Gasteiger partial charge in [-0.05, 0) is 24.6 Å². The summed E-state index contributed by atoms with van der Waals surface area (Å²) in [6.07, 6.45) is 2.29. The smallest absolute Gasteiger partial charge is 0.358 e. The van der Waals surface area contributed by atoms with Crippen LogP contribution in [0.25, 0.3) is 0 Å². The Hall–Kier alpha value is -2.56. The molecule has 0 radical (unpaired) electrons. The molecule has 2 heterocycles. The van der Waals surface area contributed by atoms with Crippen LogP contribution in [0.15, 0.2) is 42.6 Å². The van der Waals surface area contributed by atoms with Crippen molar-refractivity contribution in [3.05, 3.63) is 53.9 Å². The summed E-state index contributed by atoms with van der Waals surface area (Å²) >= 11 is 0. The van der Waals surface area contributed by atoms with E-state index in [1.165, 1.54) is 6.20 Å². The molecule has 0 fully saturated rings. The fraction of sp³-hybridized carbons (Fsp3) is 0.250. The Morgan fingerprint density at radius 1 is 1.33 bits per heavy atom. The molecular weight excluding hydrogens is 270 g/mol. The lowest BCUT2D eigenvalue weighted by Gasteiger charge is -2.25. The Morgan fingerprint density at radius 2 is 2.19 bits per heavy atom. The maximum absolute atomic E-state index is 11.1. The summed E-state index contributed by atoms with van der Waals surface area (Å²) in [4.78, 5) is 14.9. The first-order valence-electron chi connectivity index (χ1n) is 6.78. The third kappa shape index (κ3) is 2.81. The number of aromatic nitrogens is 1. The number of ether oxygens (including phenoxy) is 2. The first-order chi connectivity index (χ1) is 10.3. The Bertz CT molecular complexity index is 656. The Kier molecular flexibility index (Phi) is 3.73. The largest absolute Gasteiger partial charge is 0.493 e. The fourth-order valence-corrected chi connectivity index (χ4v) is 2.45. The molecule has 0 spiro atoms. The van der Waals surface area contributed by atoms with E-state index in [2.05, 4.69) is 4.98 Å². The summed E-state index contributed by atoms with van der Waals surface area (Å²) < 4.78 is 11.3. The van der Waals surface area contributed by atoms with Crippen LogP contribution in [0.1, 0.15) is 28.4 Å². The number of aromatic carboxylic acids is 1. The number of pyridine rings is 1. The van der Waals surface area contributed by atoms with E-state index < -0.39 is 5.97 Å². The summed E-state index contributed by atoms with van der Waals surface area (Å²) in [5, 5.41) is 9.10. The molecule has 5 heteroatoms. The van der Waals surface area contributed by atoms with Crippen LogP contribution in [0.3, 0.4) is 0 Å². The van der Waals surface area contributed by atoms with Gasteiger partial charge < -0.3 is 14.6 Å². The quantitative estimate of drug-likeness (QED) is 0.935. The van der Waals surface area contributed by atoms with Crippen LogP contribution in [0.4, 0.5) is 0 Å². The van der Waals surface area contributed by atoms with Crippen molar-refractivity contribution in [3.8, 4) is 11.5 Å². The molecule has 3 rings (SSSR count). The number of rotatable bonds is 4.